The summed E-state index contributed by atoms with van der Waals surface area (Å²) in [5.74, 6) is -2.07. The van der Waals surface area contributed by atoms with Gasteiger partial charge in [-0.05, 0) is 32.9 Å². The second kappa shape index (κ2) is 7.11. The van der Waals surface area contributed by atoms with Crippen molar-refractivity contribution >= 4 is 29.3 Å². The van der Waals surface area contributed by atoms with Gasteiger partial charge in [-0.15, -0.1) is 0 Å². The van der Waals surface area contributed by atoms with Crippen molar-refractivity contribution < 1.29 is 23.3 Å². The first-order chi connectivity index (χ1) is 12.7. The maximum Gasteiger partial charge on any atom is 0.257 e. The molecule has 1 aliphatic heterocycles. The summed E-state index contributed by atoms with van der Waals surface area (Å²) >= 11 is 6.06. The van der Waals surface area contributed by atoms with Crippen molar-refractivity contribution in [2.75, 3.05) is 0 Å². The van der Waals surface area contributed by atoms with Crippen LogP contribution in [0.1, 0.15) is 36.4 Å². The molecule has 3 rings (SSSR count). The summed E-state index contributed by atoms with van der Waals surface area (Å²) < 4.78 is 19.3. The summed E-state index contributed by atoms with van der Waals surface area (Å²) in [6, 6.07) is 2.78. The number of halogens is 2. The van der Waals surface area contributed by atoms with E-state index in [0.29, 0.717) is 0 Å². The number of amides is 3. The van der Waals surface area contributed by atoms with Gasteiger partial charge in [0.05, 0.1) is 17.0 Å². The fraction of sp³-hybridized carbons (Fsp3) is 0.333. The molecular formula is C18H17ClFN3O4. The standard InChI is InChI=1S/C18H17ClFN3O4/c1-8(2)23-13(24)7-12(18(23)26)21-17(25)14-9(3)27-22-16(14)15-10(19)5-4-6-11(15)20/h4-6,8,12H,7H2,1-3H3,(H,21,25). The minimum atomic E-state index is -0.995. The third kappa shape index (κ3) is 3.32. The van der Waals surface area contributed by atoms with E-state index in [0.717, 1.165) is 4.90 Å². The van der Waals surface area contributed by atoms with E-state index < -0.39 is 23.7 Å². The maximum atomic E-state index is 14.2. The van der Waals surface area contributed by atoms with Gasteiger partial charge in [0.15, 0.2) is 0 Å². The van der Waals surface area contributed by atoms with Gasteiger partial charge in [0.1, 0.15) is 28.9 Å². The van der Waals surface area contributed by atoms with Gasteiger partial charge in [-0.1, -0.05) is 22.8 Å². The molecular weight excluding hydrogens is 377 g/mol. The van der Waals surface area contributed by atoms with Gasteiger partial charge >= 0.3 is 0 Å². The largest absolute Gasteiger partial charge is 0.360 e. The number of hydrogen-bond donors (Lipinski definition) is 1. The SMILES string of the molecule is Cc1onc(-c2c(F)cccc2Cl)c1C(=O)NC1CC(=O)N(C(C)C)C1=O. The highest BCUT2D eigenvalue weighted by Crippen LogP contribution is 2.33. The molecule has 1 atom stereocenters. The van der Waals surface area contributed by atoms with Crippen molar-refractivity contribution in [3.05, 3.63) is 40.4 Å². The molecule has 7 nitrogen and oxygen atoms in total. The highest BCUT2D eigenvalue weighted by atomic mass is 35.5. The van der Waals surface area contributed by atoms with E-state index in [9.17, 15) is 18.8 Å². The molecule has 1 saturated heterocycles. The predicted molar refractivity (Wildman–Crippen MR) is 94.5 cm³/mol. The van der Waals surface area contributed by atoms with Gasteiger partial charge in [-0.3, -0.25) is 19.3 Å². The monoisotopic (exact) mass is 393 g/mol. The Balaban J connectivity index is 1.92. The zero-order valence-corrected chi connectivity index (χ0v) is 15.6. The number of carbonyl (C=O) groups is 3. The van der Waals surface area contributed by atoms with Crippen LogP contribution in [0.3, 0.4) is 0 Å². The van der Waals surface area contributed by atoms with E-state index in [1.807, 2.05) is 0 Å². The molecule has 0 aliphatic carbocycles. The van der Waals surface area contributed by atoms with E-state index in [1.54, 1.807) is 13.8 Å². The average Bonchev–Trinajstić information content (AvgIpc) is 3.07. The molecule has 1 aromatic carbocycles. The lowest BCUT2D eigenvalue weighted by Crippen LogP contribution is -2.44. The second-order valence-electron chi connectivity index (χ2n) is 6.48. The lowest BCUT2D eigenvalue weighted by molar-refractivity contribution is -0.140. The Kier molecular flexibility index (Phi) is 5.01. The molecule has 2 aromatic rings. The van der Waals surface area contributed by atoms with Crippen LogP contribution in [0, 0.1) is 12.7 Å². The molecule has 0 spiro atoms. The van der Waals surface area contributed by atoms with Gasteiger partial charge in [0.2, 0.25) is 5.91 Å². The molecule has 0 bridgehead atoms. The first-order valence-electron chi connectivity index (χ1n) is 8.29. The van der Waals surface area contributed by atoms with E-state index in [-0.39, 0.29) is 46.0 Å². The zero-order chi connectivity index (χ0) is 19.9. The molecule has 0 saturated carbocycles. The fourth-order valence-corrected chi connectivity index (χ4v) is 3.32. The number of imide groups is 1. The van der Waals surface area contributed by atoms with Crippen LogP contribution < -0.4 is 5.32 Å². The lowest BCUT2D eigenvalue weighted by Gasteiger charge is -2.19. The van der Waals surface area contributed by atoms with Crippen molar-refractivity contribution in [2.45, 2.75) is 39.3 Å². The molecule has 1 aromatic heterocycles. The summed E-state index contributed by atoms with van der Waals surface area (Å²) in [6.45, 7) is 4.91. The third-order valence-electron chi connectivity index (χ3n) is 4.29. The van der Waals surface area contributed by atoms with Crippen molar-refractivity contribution in [3.63, 3.8) is 0 Å². The minimum Gasteiger partial charge on any atom is -0.360 e. The number of carbonyl (C=O) groups excluding carboxylic acids is 3. The quantitative estimate of drug-likeness (QED) is 0.806. The summed E-state index contributed by atoms with van der Waals surface area (Å²) in [5.41, 5.74) is -0.172. The smallest absolute Gasteiger partial charge is 0.257 e. The van der Waals surface area contributed by atoms with Crippen molar-refractivity contribution in [1.29, 1.82) is 0 Å². The molecule has 1 unspecified atom stereocenters. The summed E-state index contributed by atoms with van der Waals surface area (Å²) in [7, 11) is 0. The number of hydrogen-bond acceptors (Lipinski definition) is 5. The number of benzene rings is 1. The number of aromatic nitrogens is 1. The summed E-state index contributed by atoms with van der Waals surface area (Å²) in [4.78, 5) is 38.3. The van der Waals surface area contributed by atoms with Gasteiger partial charge in [-0.2, -0.15) is 0 Å². The second-order valence-corrected chi connectivity index (χ2v) is 6.89. The number of likely N-dealkylation sites (tertiary alicyclic amines) is 1. The molecule has 1 fully saturated rings. The highest BCUT2D eigenvalue weighted by Gasteiger charge is 2.41. The van der Waals surface area contributed by atoms with E-state index >= 15 is 0 Å². The first kappa shape index (κ1) is 19.0. The van der Waals surface area contributed by atoms with Crippen LogP contribution >= 0.6 is 11.6 Å². The average molecular weight is 394 g/mol. The Morgan fingerprint density at radius 2 is 2.11 bits per heavy atom. The van der Waals surface area contributed by atoms with Crippen LogP contribution in [0.4, 0.5) is 4.39 Å². The Morgan fingerprint density at radius 1 is 1.41 bits per heavy atom. The summed E-state index contributed by atoms with van der Waals surface area (Å²) in [5, 5.41) is 6.34. The first-order valence-corrected chi connectivity index (χ1v) is 8.67. The van der Waals surface area contributed by atoms with Crippen molar-refractivity contribution in [3.8, 4) is 11.3 Å². The van der Waals surface area contributed by atoms with E-state index in [1.165, 1.54) is 25.1 Å². The topological polar surface area (TPSA) is 92.5 Å². The molecule has 1 N–H and O–H groups in total. The molecule has 0 radical (unpaired) electrons. The lowest BCUT2D eigenvalue weighted by atomic mass is 10.0. The number of rotatable bonds is 4. The molecule has 27 heavy (non-hydrogen) atoms. The number of nitrogens with one attached hydrogen (secondary N) is 1. The van der Waals surface area contributed by atoms with Crippen LogP contribution in [-0.4, -0.2) is 39.9 Å². The van der Waals surface area contributed by atoms with E-state index in [2.05, 4.69) is 10.5 Å². The summed E-state index contributed by atoms with van der Waals surface area (Å²) in [6.07, 6.45) is -0.136. The van der Waals surface area contributed by atoms with Crippen LogP contribution in [0.5, 0.6) is 0 Å². The Hall–Kier alpha value is -2.74. The van der Waals surface area contributed by atoms with Gasteiger partial charge in [0, 0.05) is 6.04 Å². The van der Waals surface area contributed by atoms with E-state index in [4.69, 9.17) is 16.1 Å². The number of aryl methyl sites for hydroxylation is 1. The van der Waals surface area contributed by atoms with Crippen LogP contribution in [0.15, 0.2) is 22.7 Å². The van der Waals surface area contributed by atoms with Crippen molar-refractivity contribution in [2.24, 2.45) is 0 Å². The molecule has 142 valence electrons. The maximum absolute atomic E-state index is 14.2. The zero-order valence-electron chi connectivity index (χ0n) is 14.9. The molecule has 9 heteroatoms. The fourth-order valence-electron chi connectivity index (χ4n) is 3.07. The Bertz CT molecular complexity index is 920. The van der Waals surface area contributed by atoms with Crippen molar-refractivity contribution in [1.82, 2.24) is 15.4 Å². The van der Waals surface area contributed by atoms with Crippen LogP contribution in [0.25, 0.3) is 11.3 Å². The molecule has 1 aliphatic rings. The minimum absolute atomic E-state index is 0.0368. The highest BCUT2D eigenvalue weighted by molar-refractivity contribution is 6.33. The van der Waals surface area contributed by atoms with Gasteiger partial charge < -0.3 is 9.84 Å². The third-order valence-corrected chi connectivity index (χ3v) is 4.61. The number of nitrogens with zero attached hydrogens (tertiary/aromatic N) is 2. The van der Waals surface area contributed by atoms with Crippen LogP contribution in [-0.2, 0) is 9.59 Å². The Morgan fingerprint density at radius 3 is 2.70 bits per heavy atom. The molecule has 2 heterocycles. The van der Waals surface area contributed by atoms with Crippen LogP contribution in [0.2, 0.25) is 5.02 Å². The normalized spacial score (nSPS) is 17.1. The Labute approximate surface area is 159 Å². The predicted octanol–water partition coefficient (Wildman–Crippen LogP) is 2.71. The van der Waals surface area contributed by atoms with Gasteiger partial charge in [-0.25, -0.2) is 4.39 Å². The molecule has 3 amide bonds. The van der Waals surface area contributed by atoms with Gasteiger partial charge in [0.25, 0.3) is 11.8 Å².